The summed E-state index contributed by atoms with van der Waals surface area (Å²) in [4.78, 5) is 14.3. The summed E-state index contributed by atoms with van der Waals surface area (Å²) >= 11 is 0. The van der Waals surface area contributed by atoms with E-state index in [2.05, 4.69) is 26.3 Å². The normalized spacial score (nSPS) is 13.5. The van der Waals surface area contributed by atoms with Crippen LogP contribution in [0.25, 0.3) is 0 Å². The molecule has 2 atom stereocenters. The molecule has 0 aliphatic rings. The maximum atomic E-state index is 12.5. The first-order chi connectivity index (χ1) is 15.7. The Kier molecular flexibility index (Phi) is 24.3. The van der Waals surface area contributed by atoms with Crippen LogP contribution in [0.2, 0.25) is 0 Å². The number of unbranched alkanes of at least 4 members (excludes halogenated alkanes) is 15. The van der Waals surface area contributed by atoms with Crippen molar-refractivity contribution in [1.29, 1.82) is 0 Å². The number of quaternary nitrogens is 1. The van der Waals surface area contributed by atoms with Crippen LogP contribution in [0.4, 0.5) is 0 Å². The summed E-state index contributed by atoms with van der Waals surface area (Å²) in [7, 11) is 6.13. The SMILES string of the molecule is CCCCCCCCCCCCCCCCCC[N+](C)(C)CC(=O)NC(CC)N(C)C(C)O.[Cl-]. The fourth-order valence-corrected chi connectivity index (χ4v) is 4.54. The van der Waals surface area contributed by atoms with Crippen LogP contribution in [0.15, 0.2) is 0 Å². The molecule has 0 fully saturated rings. The Balaban J connectivity index is 0. The van der Waals surface area contributed by atoms with Crippen molar-refractivity contribution in [3.63, 3.8) is 0 Å². The van der Waals surface area contributed by atoms with E-state index in [-0.39, 0.29) is 24.5 Å². The molecule has 2 N–H and O–H groups in total. The molecular formula is C28H60ClN3O2. The third-order valence-electron chi connectivity index (χ3n) is 6.98. The van der Waals surface area contributed by atoms with E-state index >= 15 is 0 Å². The minimum atomic E-state index is -0.567. The smallest absolute Gasteiger partial charge is 0.276 e. The molecule has 0 radical (unpaired) electrons. The predicted octanol–water partition coefficient (Wildman–Crippen LogP) is 3.45. The Morgan fingerprint density at radius 2 is 1.18 bits per heavy atom. The molecule has 0 heterocycles. The average Bonchev–Trinajstić information content (AvgIpc) is 2.76. The lowest BCUT2D eigenvalue weighted by molar-refractivity contribution is -0.882. The van der Waals surface area contributed by atoms with Crippen molar-refractivity contribution < 1.29 is 26.8 Å². The van der Waals surface area contributed by atoms with Gasteiger partial charge in [0.1, 0.15) is 6.23 Å². The van der Waals surface area contributed by atoms with Gasteiger partial charge in [0.05, 0.1) is 26.8 Å². The second-order valence-electron chi connectivity index (χ2n) is 10.9. The molecule has 206 valence electrons. The predicted molar refractivity (Wildman–Crippen MR) is 143 cm³/mol. The van der Waals surface area contributed by atoms with E-state index in [1.807, 2.05) is 14.0 Å². The van der Waals surface area contributed by atoms with Gasteiger partial charge in [-0.05, 0) is 33.2 Å². The monoisotopic (exact) mass is 505 g/mol. The first-order valence-electron chi connectivity index (χ1n) is 14.2. The third kappa shape index (κ3) is 21.0. The summed E-state index contributed by atoms with van der Waals surface area (Å²) < 4.78 is 0.721. The summed E-state index contributed by atoms with van der Waals surface area (Å²) in [5.41, 5.74) is 0. The van der Waals surface area contributed by atoms with Gasteiger partial charge in [-0.15, -0.1) is 0 Å². The number of carbonyl (C=O) groups is 1. The highest BCUT2D eigenvalue weighted by atomic mass is 35.5. The largest absolute Gasteiger partial charge is 1.00 e. The Morgan fingerprint density at radius 1 is 0.794 bits per heavy atom. The van der Waals surface area contributed by atoms with Gasteiger partial charge in [0.25, 0.3) is 5.91 Å². The maximum absolute atomic E-state index is 12.5. The second kappa shape index (κ2) is 23.1. The number of nitrogens with one attached hydrogen (secondary N) is 1. The Bertz CT molecular complexity index is 461. The number of likely N-dealkylation sites (N-methyl/N-ethyl adjacent to an activating group) is 1. The molecule has 5 nitrogen and oxygen atoms in total. The molecule has 0 spiro atoms. The fraction of sp³-hybridized carbons (Fsp3) is 0.964. The highest BCUT2D eigenvalue weighted by Gasteiger charge is 2.24. The molecule has 0 aliphatic carbocycles. The quantitative estimate of drug-likeness (QED) is 0.127. The van der Waals surface area contributed by atoms with Gasteiger partial charge in [-0.2, -0.15) is 0 Å². The lowest BCUT2D eigenvalue weighted by atomic mass is 10.0. The number of rotatable bonds is 23. The molecule has 0 bridgehead atoms. The number of nitrogens with zero attached hydrogens (tertiary/aromatic N) is 2. The average molecular weight is 506 g/mol. The van der Waals surface area contributed by atoms with Crippen molar-refractivity contribution in [3.8, 4) is 0 Å². The van der Waals surface area contributed by atoms with E-state index in [0.717, 1.165) is 17.4 Å². The number of aliphatic hydroxyl groups excluding tert-OH is 1. The van der Waals surface area contributed by atoms with Crippen molar-refractivity contribution in [2.45, 2.75) is 142 Å². The van der Waals surface area contributed by atoms with E-state index in [1.165, 1.54) is 103 Å². The zero-order valence-electron chi connectivity index (χ0n) is 23.7. The molecule has 0 aromatic heterocycles. The Morgan fingerprint density at radius 3 is 1.53 bits per heavy atom. The lowest BCUT2D eigenvalue weighted by Crippen LogP contribution is -3.00. The first kappa shape index (κ1) is 35.8. The third-order valence-corrected chi connectivity index (χ3v) is 6.98. The summed E-state index contributed by atoms with van der Waals surface area (Å²) in [6, 6.07) is 0. The van der Waals surface area contributed by atoms with Crippen molar-refractivity contribution in [1.82, 2.24) is 10.2 Å². The van der Waals surface area contributed by atoms with E-state index < -0.39 is 6.23 Å². The van der Waals surface area contributed by atoms with Crippen molar-refractivity contribution in [2.75, 3.05) is 34.2 Å². The zero-order chi connectivity index (χ0) is 25.0. The minimum absolute atomic E-state index is 0. The van der Waals surface area contributed by atoms with Crippen molar-refractivity contribution in [3.05, 3.63) is 0 Å². The Hall–Kier alpha value is -0.360. The van der Waals surface area contributed by atoms with Gasteiger partial charge < -0.3 is 27.3 Å². The van der Waals surface area contributed by atoms with Crippen LogP contribution < -0.4 is 17.7 Å². The summed E-state index contributed by atoms with van der Waals surface area (Å²) in [6.45, 7) is 7.57. The van der Waals surface area contributed by atoms with Crippen LogP contribution in [0.1, 0.15) is 130 Å². The highest BCUT2D eigenvalue weighted by molar-refractivity contribution is 5.77. The molecule has 0 aromatic rings. The van der Waals surface area contributed by atoms with Crippen LogP contribution in [0.5, 0.6) is 0 Å². The summed E-state index contributed by atoms with van der Waals surface area (Å²) in [5.74, 6) is 0.0656. The van der Waals surface area contributed by atoms with Crippen molar-refractivity contribution in [2.24, 2.45) is 0 Å². The zero-order valence-corrected chi connectivity index (χ0v) is 24.5. The molecule has 1 amide bonds. The molecule has 2 unspecified atom stereocenters. The van der Waals surface area contributed by atoms with Crippen LogP contribution in [-0.4, -0.2) is 67.0 Å². The molecule has 0 aliphatic heterocycles. The van der Waals surface area contributed by atoms with Crippen LogP contribution >= 0.6 is 0 Å². The molecular weight excluding hydrogens is 446 g/mol. The topological polar surface area (TPSA) is 52.6 Å². The molecule has 6 heteroatoms. The Labute approximate surface area is 219 Å². The molecule has 0 rings (SSSR count). The van der Waals surface area contributed by atoms with E-state index in [4.69, 9.17) is 0 Å². The van der Waals surface area contributed by atoms with Gasteiger partial charge >= 0.3 is 0 Å². The van der Waals surface area contributed by atoms with E-state index in [9.17, 15) is 9.90 Å². The van der Waals surface area contributed by atoms with Gasteiger partial charge in [0.15, 0.2) is 6.54 Å². The van der Waals surface area contributed by atoms with Gasteiger partial charge in [0, 0.05) is 0 Å². The van der Waals surface area contributed by atoms with Crippen LogP contribution in [0.3, 0.4) is 0 Å². The first-order valence-corrected chi connectivity index (χ1v) is 14.2. The number of aliphatic hydroxyl groups is 1. The second-order valence-corrected chi connectivity index (χ2v) is 10.9. The lowest BCUT2D eigenvalue weighted by Gasteiger charge is -2.33. The standard InChI is InChI=1S/C28H59N3O2.ClH/c1-7-9-10-11-12-13-14-15-16-17-18-19-20-21-22-23-24-31(5,6)25-28(33)29-27(8-2)30(4)26(3)32;/h26-27,32H,7-25H2,1-6H3;1H. The fourth-order valence-electron chi connectivity index (χ4n) is 4.54. The number of hydrogen-bond donors (Lipinski definition) is 2. The summed E-state index contributed by atoms with van der Waals surface area (Å²) in [5, 5.41) is 12.8. The van der Waals surface area contributed by atoms with E-state index in [0.29, 0.717) is 6.54 Å². The molecule has 0 saturated heterocycles. The van der Waals surface area contributed by atoms with Crippen LogP contribution in [0, 0.1) is 0 Å². The van der Waals surface area contributed by atoms with Gasteiger partial charge in [-0.25, -0.2) is 0 Å². The number of amides is 1. The van der Waals surface area contributed by atoms with Crippen molar-refractivity contribution >= 4 is 5.91 Å². The molecule has 34 heavy (non-hydrogen) atoms. The molecule has 0 saturated carbocycles. The van der Waals surface area contributed by atoms with Crippen LogP contribution in [-0.2, 0) is 4.79 Å². The molecule has 0 aromatic carbocycles. The highest BCUT2D eigenvalue weighted by Crippen LogP contribution is 2.14. The maximum Gasteiger partial charge on any atom is 0.276 e. The van der Waals surface area contributed by atoms with Gasteiger partial charge in [-0.1, -0.05) is 104 Å². The summed E-state index contributed by atoms with van der Waals surface area (Å²) in [6.07, 6.45) is 22.2. The van der Waals surface area contributed by atoms with Gasteiger partial charge in [-0.3, -0.25) is 9.69 Å². The number of hydrogen-bond acceptors (Lipinski definition) is 3. The minimum Gasteiger partial charge on any atom is -1.00 e. The number of carbonyl (C=O) groups excluding carboxylic acids is 1. The number of halogens is 1. The van der Waals surface area contributed by atoms with Gasteiger partial charge in [0.2, 0.25) is 0 Å². The van der Waals surface area contributed by atoms with E-state index in [1.54, 1.807) is 11.8 Å².